The van der Waals surface area contributed by atoms with E-state index in [9.17, 15) is 4.79 Å². The molecule has 0 fully saturated rings. The van der Waals surface area contributed by atoms with Crippen LogP contribution in [0.5, 0.6) is 0 Å². The first-order valence-corrected chi connectivity index (χ1v) is 5.50. The van der Waals surface area contributed by atoms with Gasteiger partial charge in [-0.25, -0.2) is 4.79 Å². The molecule has 1 heterocycles. The Morgan fingerprint density at radius 1 is 1.33 bits per heavy atom. The van der Waals surface area contributed by atoms with Crippen LogP contribution in [-0.2, 0) is 0 Å². The van der Waals surface area contributed by atoms with Crippen LogP contribution >= 0.6 is 11.3 Å². The normalized spacial score (nSPS) is 10.2. The van der Waals surface area contributed by atoms with Gasteiger partial charge in [0.15, 0.2) is 0 Å². The molecule has 76 valence electrons. The second kappa shape index (κ2) is 3.87. The number of aryl methyl sites for hydroxylation is 1. The van der Waals surface area contributed by atoms with Crippen molar-refractivity contribution in [3.63, 3.8) is 0 Å². The van der Waals surface area contributed by atoms with Gasteiger partial charge in [0.25, 0.3) is 0 Å². The molecular formula is C12H10O2S. The largest absolute Gasteiger partial charge is 0.478 e. The molecule has 0 aliphatic rings. The Kier molecular flexibility index (Phi) is 2.56. The minimum absolute atomic E-state index is 0.369. The molecule has 2 nitrogen and oxygen atoms in total. The van der Waals surface area contributed by atoms with E-state index in [2.05, 4.69) is 0 Å². The maximum atomic E-state index is 11.1. The predicted octanol–water partition coefficient (Wildman–Crippen LogP) is 3.42. The van der Waals surface area contributed by atoms with Crippen molar-refractivity contribution in [2.24, 2.45) is 0 Å². The number of rotatable bonds is 2. The highest BCUT2D eigenvalue weighted by Crippen LogP contribution is 2.29. The van der Waals surface area contributed by atoms with Gasteiger partial charge >= 0.3 is 5.97 Å². The molecule has 3 heteroatoms. The SMILES string of the molecule is Cc1cccc(C(=O)O)c1-c1ccsc1. The van der Waals surface area contributed by atoms with E-state index in [0.29, 0.717) is 5.56 Å². The fraction of sp³-hybridized carbons (Fsp3) is 0.0833. The minimum atomic E-state index is -0.875. The van der Waals surface area contributed by atoms with Gasteiger partial charge in [-0.2, -0.15) is 11.3 Å². The summed E-state index contributed by atoms with van der Waals surface area (Å²) in [5, 5.41) is 13.0. The monoisotopic (exact) mass is 218 g/mol. The van der Waals surface area contributed by atoms with E-state index >= 15 is 0 Å². The standard InChI is InChI=1S/C12H10O2S/c1-8-3-2-4-10(12(13)14)11(8)9-5-6-15-7-9/h2-7H,1H3,(H,13,14). The summed E-state index contributed by atoms with van der Waals surface area (Å²) < 4.78 is 0. The lowest BCUT2D eigenvalue weighted by Gasteiger charge is -2.07. The lowest BCUT2D eigenvalue weighted by Crippen LogP contribution is -2.00. The molecule has 0 saturated carbocycles. The maximum absolute atomic E-state index is 11.1. The van der Waals surface area contributed by atoms with E-state index in [-0.39, 0.29) is 0 Å². The molecule has 0 radical (unpaired) electrons. The van der Waals surface area contributed by atoms with Gasteiger partial charge in [0.2, 0.25) is 0 Å². The van der Waals surface area contributed by atoms with Gasteiger partial charge < -0.3 is 5.11 Å². The molecule has 0 aliphatic heterocycles. The molecular weight excluding hydrogens is 208 g/mol. The van der Waals surface area contributed by atoms with Crippen molar-refractivity contribution in [2.75, 3.05) is 0 Å². The predicted molar refractivity (Wildman–Crippen MR) is 61.5 cm³/mol. The minimum Gasteiger partial charge on any atom is -0.478 e. The van der Waals surface area contributed by atoms with Crippen LogP contribution in [0.25, 0.3) is 11.1 Å². The van der Waals surface area contributed by atoms with Crippen molar-refractivity contribution < 1.29 is 9.90 Å². The van der Waals surface area contributed by atoms with Crippen LogP contribution in [0.4, 0.5) is 0 Å². The third-order valence-corrected chi connectivity index (χ3v) is 3.00. The summed E-state index contributed by atoms with van der Waals surface area (Å²) in [5.41, 5.74) is 3.17. The number of aromatic carboxylic acids is 1. The lowest BCUT2D eigenvalue weighted by molar-refractivity contribution is 0.0697. The Hall–Kier alpha value is -1.61. The molecule has 0 spiro atoms. The van der Waals surface area contributed by atoms with Crippen LogP contribution in [0.15, 0.2) is 35.0 Å². The van der Waals surface area contributed by atoms with Crippen molar-refractivity contribution in [2.45, 2.75) is 6.92 Å². The van der Waals surface area contributed by atoms with Crippen molar-refractivity contribution in [3.8, 4) is 11.1 Å². The number of carbonyl (C=O) groups is 1. The van der Waals surface area contributed by atoms with Gasteiger partial charge in [0.1, 0.15) is 0 Å². The molecule has 1 aromatic heterocycles. The molecule has 0 atom stereocenters. The van der Waals surface area contributed by atoms with Crippen LogP contribution in [0, 0.1) is 6.92 Å². The highest BCUT2D eigenvalue weighted by molar-refractivity contribution is 7.08. The van der Waals surface area contributed by atoms with Crippen molar-refractivity contribution in [1.82, 2.24) is 0 Å². The van der Waals surface area contributed by atoms with Crippen molar-refractivity contribution in [3.05, 3.63) is 46.2 Å². The summed E-state index contributed by atoms with van der Waals surface area (Å²) >= 11 is 1.57. The van der Waals surface area contributed by atoms with E-state index in [1.54, 1.807) is 23.5 Å². The average molecular weight is 218 g/mol. The zero-order valence-electron chi connectivity index (χ0n) is 8.23. The molecule has 15 heavy (non-hydrogen) atoms. The van der Waals surface area contributed by atoms with Gasteiger partial charge in [-0.3, -0.25) is 0 Å². The Labute approximate surface area is 91.8 Å². The summed E-state index contributed by atoms with van der Waals surface area (Å²) in [5.74, 6) is -0.875. The smallest absolute Gasteiger partial charge is 0.336 e. The molecule has 2 rings (SSSR count). The summed E-state index contributed by atoms with van der Waals surface area (Å²) in [7, 11) is 0. The fourth-order valence-corrected chi connectivity index (χ4v) is 2.28. The van der Waals surface area contributed by atoms with E-state index in [4.69, 9.17) is 5.11 Å². The van der Waals surface area contributed by atoms with Crippen LogP contribution in [0.1, 0.15) is 15.9 Å². The van der Waals surface area contributed by atoms with Crippen molar-refractivity contribution >= 4 is 17.3 Å². The third kappa shape index (κ3) is 1.78. The first-order chi connectivity index (χ1) is 7.20. The lowest BCUT2D eigenvalue weighted by atomic mass is 9.97. The van der Waals surface area contributed by atoms with E-state index < -0.39 is 5.97 Å². The summed E-state index contributed by atoms with van der Waals surface area (Å²) in [6.07, 6.45) is 0. The highest BCUT2D eigenvalue weighted by Gasteiger charge is 2.13. The average Bonchev–Trinajstić information content (AvgIpc) is 2.70. The molecule has 0 unspecified atom stereocenters. The fourth-order valence-electron chi connectivity index (χ4n) is 1.64. The second-order valence-corrected chi connectivity index (χ2v) is 4.09. The number of hydrogen-bond donors (Lipinski definition) is 1. The maximum Gasteiger partial charge on any atom is 0.336 e. The number of hydrogen-bond acceptors (Lipinski definition) is 2. The molecule has 1 aromatic carbocycles. The number of thiophene rings is 1. The van der Waals surface area contributed by atoms with Crippen LogP contribution in [-0.4, -0.2) is 11.1 Å². The highest BCUT2D eigenvalue weighted by atomic mass is 32.1. The van der Waals surface area contributed by atoms with Crippen LogP contribution in [0.2, 0.25) is 0 Å². The van der Waals surface area contributed by atoms with E-state index in [0.717, 1.165) is 16.7 Å². The number of carboxylic acids is 1. The Morgan fingerprint density at radius 3 is 2.73 bits per heavy atom. The Morgan fingerprint density at radius 2 is 2.13 bits per heavy atom. The summed E-state index contributed by atoms with van der Waals surface area (Å²) in [6, 6.07) is 7.29. The topological polar surface area (TPSA) is 37.3 Å². The molecule has 2 aromatic rings. The quantitative estimate of drug-likeness (QED) is 0.838. The number of benzene rings is 1. The summed E-state index contributed by atoms with van der Waals surface area (Å²) in [6.45, 7) is 1.93. The third-order valence-electron chi connectivity index (χ3n) is 2.31. The summed E-state index contributed by atoms with van der Waals surface area (Å²) in [4.78, 5) is 11.1. The number of carboxylic acid groups (broad SMARTS) is 1. The van der Waals surface area contributed by atoms with Gasteiger partial charge in [-0.1, -0.05) is 12.1 Å². The Bertz CT molecular complexity index is 486. The van der Waals surface area contributed by atoms with Gasteiger partial charge in [-0.15, -0.1) is 0 Å². The van der Waals surface area contributed by atoms with Crippen molar-refractivity contribution in [1.29, 1.82) is 0 Å². The van der Waals surface area contributed by atoms with Crippen LogP contribution in [0.3, 0.4) is 0 Å². The van der Waals surface area contributed by atoms with Gasteiger partial charge in [0.05, 0.1) is 5.56 Å². The van der Waals surface area contributed by atoms with E-state index in [1.165, 1.54) is 0 Å². The molecule has 0 aliphatic carbocycles. The molecule has 0 amide bonds. The zero-order valence-corrected chi connectivity index (χ0v) is 9.04. The van der Waals surface area contributed by atoms with Gasteiger partial charge in [-0.05, 0) is 46.5 Å². The molecule has 0 bridgehead atoms. The second-order valence-electron chi connectivity index (χ2n) is 3.31. The molecule has 0 saturated heterocycles. The Balaban J connectivity index is 2.68. The van der Waals surface area contributed by atoms with E-state index in [1.807, 2.05) is 29.8 Å². The first kappa shape index (κ1) is 9.93. The van der Waals surface area contributed by atoms with Crippen LogP contribution < -0.4 is 0 Å². The zero-order chi connectivity index (χ0) is 10.8. The molecule has 1 N–H and O–H groups in total. The van der Waals surface area contributed by atoms with Gasteiger partial charge in [0, 0.05) is 0 Å². The first-order valence-electron chi connectivity index (χ1n) is 4.55.